The third kappa shape index (κ3) is 3.97. The topological polar surface area (TPSA) is 60.5 Å². The first kappa shape index (κ1) is 17.0. The predicted octanol–water partition coefficient (Wildman–Crippen LogP) is 4.59. The number of aromatic nitrogens is 1. The minimum absolute atomic E-state index is 0.616. The third-order valence-corrected chi connectivity index (χ3v) is 4.35. The van der Waals surface area contributed by atoms with E-state index in [2.05, 4.69) is 11.6 Å². The van der Waals surface area contributed by atoms with Crippen LogP contribution >= 0.6 is 0 Å². The Morgan fingerprint density at radius 3 is 2.64 bits per heavy atom. The van der Waals surface area contributed by atoms with Gasteiger partial charge < -0.3 is 10.5 Å². The monoisotopic (exact) mass is 333 g/mol. The summed E-state index contributed by atoms with van der Waals surface area (Å²) in [5, 5.41) is 0. The van der Waals surface area contributed by atoms with Gasteiger partial charge in [-0.2, -0.15) is 0 Å². The van der Waals surface area contributed by atoms with Crippen molar-refractivity contribution >= 4 is 11.9 Å². The Labute approximate surface area is 148 Å². The summed E-state index contributed by atoms with van der Waals surface area (Å²) in [6.07, 6.45) is 6.09. The highest BCUT2D eigenvalue weighted by molar-refractivity contribution is 5.85. The Morgan fingerprint density at radius 2 is 1.92 bits per heavy atom. The van der Waals surface area contributed by atoms with Crippen LogP contribution in [0.5, 0.6) is 5.75 Å². The highest BCUT2D eigenvalue weighted by atomic mass is 16.5. The lowest BCUT2D eigenvalue weighted by atomic mass is 9.97. The van der Waals surface area contributed by atoms with E-state index in [9.17, 15) is 0 Å². The molecule has 2 aromatic rings. The summed E-state index contributed by atoms with van der Waals surface area (Å²) in [4.78, 5) is 9.21. The predicted molar refractivity (Wildman–Crippen MR) is 103 cm³/mol. The standard InChI is InChI=1S/C21H23N3O/c1-15(23-14-17-10-6-7-11-18(17)22)19-12-13-20(25-2)21(24-19)16-8-4-3-5-9-16/h3-5,8-9,12-14H,1,6-7,10-11,22H2,2H3. The molecule has 3 rings (SSSR count). The summed E-state index contributed by atoms with van der Waals surface area (Å²) in [5.74, 6) is 0.728. The number of allylic oxidation sites excluding steroid dienone is 2. The Bertz CT molecular complexity index is 822. The van der Waals surface area contributed by atoms with Crippen LogP contribution in [0.25, 0.3) is 17.0 Å². The summed E-state index contributed by atoms with van der Waals surface area (Å²) in [6, 6.07) is 13.7. The molecule has 25 heavy (non-hydrogen) atoms. The molecule has 0 unspecified atom stereocenters. The van der Waals surface area contributed by atoms with Gasteiger partial charge >= 0.3 is 0 Å². The number of hydrogen-bond donors (Lipinski definition) is 1. The van der Waals surface area contributed by atoms with Gasteiger partial charge in [-0.25, -0.2) is 4.98 Å². The average molecular weight is 333 g/mol. The van der Waals surface area contributed by atoms with Gasteiger partial charge in [0, 0.05) is 17.5 Å². The molecule has 1 aromatic heterocycles. The second-order valence-electron chi connectivity index (χ2n) is 6.08. The molecule has 0 bridgehead atoms. The molecule has 2 N–H and O–H groups in total. The number of rotatable bonds is 5. The van der Waals surface area contributed by atoms with Gasteiger partial charge in [0.15, 0.2) is 0 Å². The van der Waals surface area contributed by atoms with E-state index in [-0.39, 0.29) is 0 Å². The number of aliphatic imine (C=N–C) groups is 1. The van der Waals surface area contributed by atoms with Crippen LogP contribution in [0.15, 0.2) is 65.3 Å². The largest absolute Gasteiger partial charge is 0.494 e. The smallest absolute Gasteiger partial charge is 0.145 e. The van der Waals surface area contributed by atoms with Crippen molar-refractivity contribution < 1.29 is 4.74 Å². The van der Waals surface area contributed by atoms with Gasteiger partial charge in [-0.15, -0.1) is 0 Å². The number of benzene rings is 1. The molecule has 4 heteroatoms. The molecule has 0 amide bonds. The van der Waals surface area contributed by atoms with Crippen LogP contribution in [0.3, 0.4) is 0 Å². The lowest BCUT2D eigenvalue weighted by Crippen LogP contribution is -2.08. The second-order valence-corrected chi connectivity index (χ2v) is 6.08. The van der Waals surface area contributed by atoms with Crippen molar-refractivity contribution in [3.63, 3.8) is 0 Å². The van der Waals surface area contributed by atoms with Gasteiger partial charge in [0.2, 0.25) is 0 Å². The van der Waals surface area contributed by atoms with Crippen molar-refractivity contribution in [2.75, 3.05) is 7.11 Å². The Hall–Kier alpha value is -2.88. The summed E-state index contributed by atoms with van der Waals surface area (Å²) in [6.45, 7) is 4.06. The van der Waals surface area contributed by atoms with Crippen LogP contribution in [0, 0.1) is 0 Å². The van der Waals surface area contributed by atoms with Gasteiger partial charge in [0.05, 0.1) is 18.5 Å². The number of nitrogens with zero attached hydrogens (tertiary/aromatic N) is 2. The normalized spacial score (nSPS) is 14.8. The van der Waals surface area contributed by atoms with Crippen molar-refractivity contribution in [2.45, 2.75) is 25.7 Å². The molecule has 0 saturated heterocycles. The fourth-order valence-electron chi connectivity index (χ4n) is 2.90. The Kier molecular flexibility index (Phi) is 5.29. The second kappa shape index (κ2) is 7.79. The van der Waals surface area contributed by atoms with E-state index in [0.717, 1.165) is 59.7 Å². The third-order valence-electron chi connectivity index (χ3n) is 4.35. The molecule has 0 spiro atoms. The van der Waals surface area contributed by atoms with E-state index < -0.39 is 0 Å². The van der Waals surface area contributed by atoms with E-state index in [1.807, 2.05) is 48.7 Å². The van der Waals surface area contributed by atoms with E-state index in [4.69, 9.17) is 15.5 Å². The fourth-order valence-corrected chi connectivity index (χ4v) is 2.90. The molecule has 0 atom stereocenters. The maximum atomic E-state index is 6.07. The molecule has 0 fully saturated rings. The lowest BCUT2D eigenvalue weighted by molar-refractivity contribution is 0.414. The van der Waals surface area contributed by atoms with Crippen molar-refractivity contribution in [3.05, 3.63) is 66.0 Å². The number of nitrogens with two attached hydrogens (primary N) is 1. The van der Waals surface area contributed by atoms with Crippen LogP contribution in [0.4, 0.5) is 0 Å². The summed E-state index contributed by atoms with van der Waals surface area (Å²) < 4.78 is 5.45. The summed E-state index contributed by atoms with van der Waals surface area (Å²) in [7, 11) is 1.65. The lowest BCUT2D eigenvalue weighted by Gasteiger charge is -2.14. The quantitative estimate of drug-likeness (QED) is 0.814. The number of pyridine rings is 1. The zero-order chi connectivity index (χ0) is 17.6. The van der Waals surface area contributed by atoms with Gasteiger partial charge in [-0.05, 0) is 43.4 Å². The van der Waals surface area contributed by atoms with Crippen LogP contribution in [-0.2, 0) is 0 Å². The van der Waals surface area contributed by atoms with Crippen molar-refractivity contribution in [1.29, 1.82) is 0 Å². The highest BCUT2D eigenvalue weighted by Crippen LogP contribution is 2.29. The SMILES string of the molecule is C=C(N=CC1=C(N)CCCC1)c1ccc(OC)c(-c2ccccc2)n1. The first-order valence-electron chi connectivity index (χ1n) is 8.50. The number of methoxy groups -OCH3 is 1. The van der Waals surface area contributed by atoms with E-state index in [1.54, 1.807) is 7.11 Å². The highest BCUT2D eigenvalue weighted by Gasteiger charge is 2.11. The molecule has 1 aromatic carbocycles. The van der Waals surface area contributed by atoms with Crippen LogP contribution in [-0.4, -0.2) is 18.3 Å². The number of hydrogen-bond acceptors (Lipinski definition) is 4. The molecule has 0 aliphatic heterocycles. The fraction of sp³-hybridized carbons (Fsp3) is 0.238. The first-order chi connectivity index (χ1) is 12.2. The van der Waals surface area contributed by atoms with Crippen molar-refractivity contribution in [3.8, 4) is 17.0 Å². The Morgan fingerprint density at radius 1 is 1.16 bits per heavy atom. The van der Waals surface area contributed by atoms with Crippen molar-refractivity contribution in [2.24, 2.45) is 10.7 Å². The molecule has 4 nitrogen and oxygen atoms in total. The minimum Gasteiger partial charge on any atom is -0.494 e. The van der Waals surface area contributed by atoms with E-state index in [0.29, 0.717) is 5.70 Å². The molecule has 0 saturated carbocycles. The molecular weight excluding hydrogens is 310 g/mol. The Balaban J connectivity index is 1.89. The maximum absolute atomic E-state index is 6.07. The zero-order valence-corrected chi connectivity index (χ0v) is 14.5. The number of ether oxygens (including phenoxy) is 1. The van der Waals surface area contributed by atoms with Crippen LogP contribution in [0.2, 0.25) is 0 Å². The van der Waals surface area contributed by atoms with Crippen molar-refractivity contribution in [1.82, 2.24) is 4.98 Å². The van der Waals surface area contributed by atoms with Gasteiger partial charge in [0.25, 0.3) is 0 Å². The summed E-state index contributed by atoms with van der Waals surface area (Å²) >= 11 is 0. The molecule has 1 heterocycles. The molecule has 128 valence electrons. The van der Waals surface area contributed by atoms with Gasteiger partial charge in [0.1, 0.15) is 11.4 Å². The van der Waals surface area contributed by atoms with Gasteiger partial charge in [-0.1, -0.05) is 36.9 Å². The molecule has 1 aliphatic carbocycles. The zero-order valence-electron chi connectivity index (χ0n) is 14.5. The average Bonchev–Trinajstić information content (AvgIpc) is 2.67. The first-order valence-corrected chi connectivity index (χ1v) is 8.50. The van der Waals surface area contributed by atoms with Crippen LogP contribution < -0.4 is 10.5 Å². The maximum Gasteiger partial charge on any atom is 0.145 e. The van der Waals surface area contributed by atoms with Crippen LogP contribution in [0.1, 0.15) is 31.4 Å². The molecule has 1 aliphatic rings. The molecular formula is C21H23N3O. The summed E-state index contributed by atoms with van der Waals surface area (Å²) in [5.41, 5.74) is 11.3. The minimum atomic E-state index is 0.616. The molecule has 0 radical (unpaired) electrons. The van der Waals surface area contributed by atoms with Gasteiger partial charge in [-0.3, -0.25) is 4.99 Å². The van der Waals surface area contributed by atoms with E-state index in [1.165, 1.54) is 0 Å². The van der Waals surface area contributed by atoms with E-state index >= 15 is 0 Å².